The van der Waals surface area contributed by atoms with E-state index in [1.165, 1.54) is 0 Å². The van der Waals surface area contributed by atoms with Crippen LogP contribution in [0.1, 0.15) is 6.42 Å². The van der Waals surface area contributed by atoms with Gasteiger partial charge in [0.2, 0.25) is 0 Å². The topological polar surface area (TPSA) is 89.5 Å². The third-order valence-electron chi connectivity index (χ3n) is 3.31. The molecule has 27 heavy (non-hydrogen) atoms. The Morgan fingerprint density at radius 3 is 2.26 bits per heavy atom. The van der Waals surface area contributed by atoms with Crippen LogP contribution in [-0.2, 0) is 24.2 Å². The van der Waals surface area contributed by atoms with E-state index in [2.05, 4.69) is 4.74 Å². The first-order valence-corrected chi connectivity index (χ1v) is 9.21. The van der Waals surface area contributed by atoms with Crippen molar-refractivity contribution in [2.75, 3.05) is 17.7 Å². The lowest BCUT2D eigenvalue weighted by Gasteiger charge is -2.08. The summed E-state index contributed by atoms with van der Waals surface area (Å²) in [5.74, 6) is -4.74. The Labute approximate surface area is 152 Å². The smallest absolute Gasteiger partial charge is 0.307 e. The Morgan fingerprint density at radius 2 is 1.59 bits per heavy atom. The van der Waals surface area contributed by atoms with E-state index >= 15 is 0 Å². The quantitative estimate of drug-likeness (QED) is 0.569. The number of benzene rings is 2. The van der Waals surface area contributed by atoms with Crippen LogP contribution in [0.25, 0.3) is 0 Å². The molecule has 10 heteroatoms. The van der Waals surface area contributed by atoms with Crippen LogP contribution in [0.2, 0.25) is 0 Å². The Kier molecular flexibility index (Phi) is 6.56. The fraction of sp³-hybridized carbons (Fsp3) is 0.176. The van der Waals surface area contributed by atoms with Crippen molar-refractivity contribution in [3.8, 4) is 0 Å². The number of hydrogen-bond donors (Lipinski definition) is 1. The van der Waals surface area contributed by atoms with Crippen LogP contribution in [0.15, 0.2) is 47.4 Å². The van der Waals surface area contributed by atoms with Crippen molar-refractivity contribution in [1.82, 2.24) is 0 Å². The van der Waals surface area contributed by atoms with Crippen molar-refractivity contribution in [3.05, 3.63) is 59.9 Å². The number of ether oxygens (including phenoxy) is 1. The second-order valence-electron chi connectivity index (χ2n) is 5.36. The Balaban J connectivity index is 1.82. The van der Waals surface area contributed by atoms with Crippen molar-refractivity contribution in [2.45, 2.75) is 11.3 Å². The number of anilines is 1. The molecular weight excluding hydrogens is 387 g/mol. The predicted molar refractivity (Wildman–Crippen MR) is 89.0 cm³/mol. The highest BCUT2D eigenvalue weighted by molar-refractivity contribution is 7.91. The molecule has 6 nitrogen and oxygen atoms in total. The highest BCUT2D eigenvalue weighted by atomic mass is 32.2. The summed E-state index contributed by atoms with van der Waals surface area (Å²) in [5.41, 5.74) is -0.421. The van der Waals surface area contributed by atoms with E-state index in [0.29, 0.717) is 0 Å². The molecule has 0 fully saturated rings. The summed E-state index contributed by atoms with van der Waals surface area (Å²) in [5, 5.41) is 2.02. The molecule has 0 radical (unpaired) electrons. The average Bonchev–Trinajstić information content (AvgIpc) is 2.62. The van der Waals surface area contributed by atoms with Crippen LogP contribution in [0.3, 0.4) is 0 Å². The minimum Gasteiger partial charge on any atom is -0.456 e. The fourth-order valence-corrected chi connectivity index (χ4v) is 3.20. The number of hydrogen-bond acceptors (Lipinski definition) is 5. The van der Waals surface area contributed by atoms with Crippen LogP contribution in [0.4, 0.5) is 18.9 Å². The van der Waals surface area contributed by atoms with E-state index in [1.807, 2.05) is 5.32 Å². The highest BCUT2D eigenvalue weighted by Crippen LogP contribution is 2.15. The van der Waals surface area contributed by atoms with Crippen LogP contribution in [0, 0.1) is 17.5 Å². The van der Waals surface area contributed by atoms with Gasteiger partial charge in [0.05, 0.1) is 22.8 Å². The van der Waals surface area contributed by atoms with Gasteiger partial charge in [0.25, 0.3) is 5.91 Å². The third-order valence-corrected chi connectivity index (χ3v) is 5.05. The Morgan fingerprint density at radius 1 is 0.963 bits per heavy atom. The van der Waals surface area contributed by atoms with Gasteiger partial charge in [-0.3, -0.25) is 9.59 Å². The maximum atomic E-state index is 13.4. The minimum absolute atomic E-state index is 0.156. The molecular formula is C17H14F3NO5S. The maximum Gasteiger partial charge on any atom is 0.307 e. The number of carbonyl (C=O) groups is 2. The molecule has 2 aromatic rings. The molecule has 0 aromatic heterocycles. The summed E-state index contributed by atoms with van der Waals surface area (Å²) in [7, 11) is -3.83. The van der Waals surface area contributed by atoms with Gasteiger partial charge in [-0.25, -0.2) is 21.6 Å². The van der Waals surface area contributed by atoms with E-state index in [0.717, 1.165) is 42.5 Å². The summed E-state index contributed by atoms with van der Waals surface area (Å²) in [6, 6.07) is 6.52. The predicted octanol–water partition coefficient (Wildman–Crippen LogP) is 2.45. The van der Waals surface area contributed by atoms with Gasteiger partial charge in [-0.05, 0) is 36.4 Å². The zero-order chi connectivity index (χ0) is 20.0. The van der Waals surface area contributed by atoms with Gasteiger partial charge in [-0.15, -0.1) is 0 Å². The first kappa shape index (κ1) is 20.4. The van der Waals surface area contributed by atoms with Crippen LogP contribution >= 0.6 is 0 Å². The molecule has 1 N–H and O–H groups in total. The molecule has 0 bridgehead atoms. The summed E-state index contributed by atoms with van der Waals surface area (Å²) in [4.78, 5) is 23.0. The number of carbonyl (C=O) groups excluding carboxylic acids is 2. The van der Waals surface area contributed by atoms with Crippen LogP contribution in [-0.4, -0.2) is 32.7 Å². The molecule has 0 aliphatic rings. The molecule has 0 spiro atoms. The number of halogens is 3. The molecule has 2 rings (SSSR count). The third kappa shape index (κ3) is 6.10. The van der Waals surface area contributed by atoms with Crippen molar-refractivity contribution in [2.24, 2.45) is 0 Å². The SMILES string of the molecule is O=C(COC(=O)CCS(=O)(=O)c1ccc(F)cc1)Nc1cc(F)ccc1F. The summed E-state index contributed by atoms with van der Waals surface area (Å²) >= 11 is 0. The number of sulfone groups is 1. The van der Waals surface area contributed by atoms with Gasteiger partial charge in [-0.2, -0.15) is 0 Å². The van der Waals surface area contributed by atoms with Crippen molar-refractivity contribution < 1.29 is 35.9 Å². The molecule has 2 aromatic carbocycles. The van der Waals surface area contributed by atoms with Gasteiger partial charge >= 0.3 is 5.97 Å². The van der Waals surface area contributed by atoms with Gasteiger partial charge in [0.1, 0.15) is 17.5 Å². The van der Waals surface area contributed by atoms with Crippen molar-refractivity contribution >= 4 is 27.4 Å². The van der Waals surface area contributed by atoms with E-state index in [4.69, 9.17) is 0 Å². The van der Waals surface area contributed by atoms with Crippen molar-refractivity contribution in [1.29, 1.82) is 0 Å². The summed E-state index contributed by atoms with van der Waals surface area (Å²) in [6.45, 7) is -0.800. The van der Waals surface area contributed by atoms with E-state index in [1.54, 1.807) is 0 Å². The van der Waals surface area contributed by atoms with E-state index < -0.39 is 63.6 Å². The second kappa shape index (κ2) is 8.67. The Bertz CT molecular complexity index is 946. The number of esters is 1. The normalized spacial score (nSPS) is 11.1. The molecule has 0 heterocycles. The van der Waals surface area contributed by atoms with Gasteiger partial charge < -0.3 is 10.1 Å². The highest BCUT2D eigenvalue weighted by Gasteiger charge is 2.18. The first-order valence-electron chi connectivity index (χ1n) is 7.56. The average molecular weight is 401 g/mol. The molecule has 1 amide bonds. The van der Waals surface area contributed by atoms with Gasteiger partial charge in [-0.1, -0.05) is 0 Å². The maximum absolute atomic E-state index is 13.4. The zero-order valence-corrected chi connectivity index (χ0v) is 14.6. The monoisotopic (exact) mass is 401 g/mol. The molecule has 0 aliphatic heterocycles. The van der Waals surface area contributed by atoms with Crippen LogP contribution in [0.5, 0.6) is 0 Å². The Hall–Kier alpha value is -2.88. The fourth-order valence-electron chi connectivity index (χ4n) is 1.98. The molecule has 0 saturated heterocycles. The number of nitrogens with one attached hydrogen (secondary N) is 1. The first-order chi connectivity index (χ1) is 12.7. The van der Waals surface area contributed by atoms with E-state index in [9.17, 15) is 31.2 Å². The number of amides is 1. The summed E-state index contributed by atoms with van der Waals surface area (Å²) < 4.78 is 67.8. The van der Waals surface area contributed by atoms with E-state index in [-0.39, 0.29) is 4.90 Å². The molecule has 144 valence electrons. The molecule has 0 atom stereocenters. The minimum atomic E-state index is -3.83. The number of rotatable bonds is 7. The van der Waals surface area contributed by atoms with Gasteiger partial charge in [0.15, 0.2) is 16.4 Å². The second-order valence-corrected chi connectivity index (χ2v) is 7.46. The lowest BCUT2D eigenvalue weighted by atomic mass is 10.3. The van der Waals surface area contributed by atoms with Crippen LogP contribution < -0.4 is 5.32 Å². The lowest BCUT2D eigenvalue weighted by molar-refractivity contribution is -0.146. The molecule has 0 unspecified atom stereocenters. The summed E-state index contributed by atoms with van der Waals surface area (Å²) in [6.07, 6.45) is -0.540. The largest absolute Gasteiger partial charge is 0.456 e. The zero-order valence-electron chi connectivity index (χ0n) is 13.7. The van der Waals surface area contributed by atoms with Gasteiger partial charge in [0, 0.05) is 6.07 Å². The molecule has 0 aliphatic carbocycles. The standard InChI is InChI=1S/C17H14F3NO5S/c18-11-1-4-13(5-2-11)27(24,25)8-7-17(23)26-10-16(22)21-15-9-12(19)3-6-14(15)20/h1-6,9H,7-8,10H2,(H,21,22). The lowest BCUT2D eigenvalue weighted by Crippen LogP contribution is -2.22. The molecule has 0 saturated carbocycles. The van der Waals surface area contributed by atoms with Crippen molar-refractivity contribution in [3.63, 3.8) is 0 Å².